The van der Waals surface area contributed by atoms with Crippen molar-refractivity contribution in [3.8, 4) is 0 Å². The van der Waals surface area contributed by atoms with E-state index < -0.39 is 26.5 Å². The van der Waals surface area contributed by atoms with Gasteiger partial charge in [-0.1, -0.05) is 31.2 Å². The highest BCUT2D eigenvalue weighted by Gasteiger charge is 2.30. The summed E-state index contributed by atoms with van der Waals surface area (Å²) in [5.74, 6) is -0.471. The quantitative estimate of drug-likeness (QED) is 0.599. The lowest BCUT2D eigenvalue weighted by atomic mass is 10.2. The van der Waals surface area contributed by atoms with Crippen LogP contribution in [-0.4, -0.2) is 24.2 Å². The molecule has 0 heterocycles. The fraction of sp³-hybridized carbons (Fsp3) is 0.200. The molecule has 6 nitrogen and oxygen atoms in total. The highest BCUT2D eigenvalue weighted by molar-refractivity contribution is 7.89. The second-order valence-corrected chi connectivity index (χ2v) is 6.69. The largest absolute Gasteiger partial charge is 0.289 e. The Hall–Kier alpha value is -2.32. The van der Waals surface area contributed by atoms with Crippen LogP contribution in [0.5, 0.6) is 0 Å². The van der Waals surface area contributed by atoms with Gasteiger partial charge in [0.2, 0.25) is 10.0 Å². The topological polar surface area (TPSA) is 80.5 Å². The van der Waals surface area contributed by atoms with Crippen LogP contribution in [0.2, 0.25) is 0 Å². The molecular formula is C15H15FN2O4S. The van der Waals surface area contributed by atoms with E-state index in [1.807, 2.05) is 0 Å². The summed E-state index contributed by atoms with van der Waals surface area (Å²) in [6, 6.07) is 10.7. The van der Waals surface area contributed by atoms with Gasteiger partial charge < -0.3 is 0 Å². The van der Waals surface area contributed by atoms with E-state index >= 15 is 0 Å². The first-order valence-electron chi connectivity index (χ1n) is 6.84. The zero-order valence-corrected chi connectivity index (χ0v) is 13.2. The van der Waals surface area contributed by atoms with Crippen molar-refractivity contribution in [2.24, 2.45) is 0 Å². The number of nitrogens with zero attached hydrogens (tertiary/aromatic N) is 2. The fourth-order valence-corrected chi connectivity index (χ4v) is 3.77. The number of rotatable bonds is 6. The number of hydrogen-bond donors (Lipinski definition) is 0. The number of halogens is 1. The number of benzene rings is 2. The average molecular weight is 338 g/mol. The molecule has 0 aliphatic heterocycles. The van der Waals surface area contributed by atoms with Crippen molar-refractivity contribution in [2.75, 3.05) is 6.54 Å². The molecule has 0 N–H and O–H groups in total. The molecule has 122 valence electrons. The van der Waals surface area contributed by atoms with E-state index in [1.165, 1.54) is 36.4 Å². The summed E-state index contributed by atoms with van der Waals surface area (Å²) in [7, 11) is -4.07. The standard InChI is InChI=1S/C15H15FN2O4S/c1-2-17(11-12-6-5-7-13(16)10-12)23(21,22)15-9-4-3-8-14(15)18(19)20/h3-10H,2,11H2,1H3. The summed E-state index contributed by atoms with van der Waals surface area (Å²) in [5.41, 5.74) is -0.0146. The van der Waals surface area contributed by atoms with E-state index in [0.29, 0.717) is 5.56 Å². The predicted molar refractivity (Wildman–Crippen MR) is 82.8 cm³/mol. The molecule has 0 aromatic heterocycles. The number of nitro benzene ring substituents is 1. The van der Waals surface area contributed by atoms with Gasteiger partial charge >= 0.3 is 0 Å². The van der Waals surface area contributed by atoms with E-state index in [1.54, 1.807) is 13.0 Å². The number of para-hydroxylation sites is 1. The third kappa shape index (κ3) is 3.72. The Kier molecular flexibility index (Phi) is 5.07. The highest BCUT2D eigenvalue weighted by atomic mass is 32.2. The van der Waals surface area contributed by atoms with Gasteiger partial charge in [-0.25, -0.2) is 12.8 Å². The van der Waals surface area contributed by atoms with Crippen LogP contribution in [0.25, 0.3) is 0 Å². The molecule has 23 heavy (non-hydrogen) atoms. The molecule has 0 radical (unpaired) electrons. The summed E-state index contributed by atoms with van der Waals surface area (Å²) in [4.78, 5) is 9.95. The van der Waals surface area contributed by atoms with Crippen LogP contribution in [0.3, 0.4) is 0 Å². The second-order valence-electron chi connectivity index (χ2n) is 4.79. The van der Waals surface area contributed by atoms with Crippen LogP contribution >= 0.6 is 0 Å². The number of sulfonamides is 1. The molecule has 0 aliphatic carbocycles. The van der Waals surface area contributed by atoms with E-state index in [2.05, 4.69) is 0 Å². The van der Waals surface area contributed by atoms with Gasteiger partial charge in [-0.15, -0.1) is 0 Å². The molecule has 0 unspecified atom stereocenters. The Balaban J connectivity index is 2.42. The van der Waals surface area contributed by atoms with Gasteiger partial charge in [0.1, 0.15) is 5.82 Å². The van der Waals surface area contributed by atoms with Crippen LogP contribution in [0.4, 0.5) is 10.1 Å². The molecular weight excluding hydrogens is 323 g/mol. The molecule has 0 aliphatic rings. The minimum atomic E-state index is -4.07. The monoisotopic (exact) mass is 338 g/mol. The van der Waals surface area contributed by atoms with Crippen molar-refractivity contribution >= 4 is 15.7 Å². The first-order chi connectivity index (χ1) is 10.9. The van der Waals surface area contributed by atoms with Gasteiger partial charge in [-0.2, -0.15) is 4.31 Å². The van der Waals surface area contributed by atoms with Gasteiger partial charge in [0.05, 0.1) is 4.92 Å². The second kappa shape index (κ2) is 6.84. The molecule has 0 bridgehead atoms. The van der Waals surface area contributed by atoms with Crippen molar-refractivity contribution in [3.63, 3.8) is 0 Å². The molecule has 0 amide bonds. The van der Waals surface area contributed by atoms with Crippen molar-refractivity contribution in [1.29, 1.82) is 0 Å². The van der Waals surface area contributed by atoms with Gasteiger partial charge in [0.25, 0.3) is 5.69 Å². The maximum absolute atomic E-state index is 13.3. The molecule has 2 rings (SSSR count). The van der Waals surface area contributed by atoms with Crippen LogP contribution in [0.1, 0.15) is 12.5 Å². The lowest BCUT2D eigenvalue weighted by Gasteiger charge is -2.20. The first kappa shape index (κ1) is 17.0. The maximum Gasteiger partial charge on any atom is 0.289 e. The van der Waals surface area contributed by atoms with Crippen LogP contribution in [0.15, 0.2) is 53.4 Å². The summed E-state index contributed by atoms with van der Waals surface area (Å²) in [5, 5.41) is 11.1. The smallest absolute Gasteiger partial charge is 0.258 e. The first-order valence-corrected chi connectivity index (χ1v) is 8.28. The molecule has 0 saturated heterocycles. The fourth-order valence-electron chi connectivity index (χ4n) is 2.17. The zero-order valence-electron chi connectivity index (χ0n) is 12.3. The van der Waals surface area contributed by atoms with E-state index in [0.717, 1.165) is 10.4 Å². The summed E-state index contributed by atoms with van der Waals surface area (Å²) >= 11 is 0. The Morgan fingerprint density at radius 2 is 1.87 bits per heavy atom. The molecule has 0 atom stereocenters. The van der Waals surface area contributed by atoms with Crippen molar-refractivity contribution in [1.82, 2.24) is 4.31 Å². The molecule has 0 fully saturated rings. The summed E-state index contributed by atoms with van der Waals surface area (Å²) in [6.45, 7) is 1.65. The molecule has 2 aromatic rings. The molecule has 8 heteroatoms. The van der Waals surface area contributed by atoms with Gasteiger partial charge in [-0.05, 0) is 23.8 Å². The van der Waals surface area contributed by atoms with Gasteiger partial charge in [-0.3, -0.25) is 10.1 Å². The molecule has 2 aromatic carbocycles. The molecule has 0 saturated carbocycles. The van der Waals surface area contributed by atoms with Crippen molar-refractivity contribution < 1.29 is 17.7 Å². The Morgan fingerprint density at radius 3 is 2.48 bits per heavy atom. The van der Waals surface area contributed by atoms with E-state index in [-0.39, 0.29) is 18.0 Å². The minimum Gasteiger partial charge on any atom is -0.258 e. The van der Waals surface area contributed by atoms with Crippen LogP contribution in [0, 0.1) is 15.9 Å². The zero-order chi connectivity index (χ0) is 17.0. The Bertz CT molecular complexity index is 824. The summed E-state index contributed by atoms with van der Waals surface area (Å²) < 4.78 is 39.7. The lowest BCUT2D eigenvalue weighted by molar-refractivity contribution is -0.387. The minimum absolute atomic E-state index is 0.0668. The third-order valence-electron chi connectivity index (χ3n) is 3.28. The van der Waals surface area contributed by atoms with Crippen LogP contribution in [-0.2, 0) is 16.6 Å². The van der Waals surface area contributed by atoms with Crippen LogP contribution < -0.4 is 0 Å². The highest BCUT2D eigenvalue weighted by Crippen LogP contribution is 2.27. The van der Waals surface area contributed by atoms with E-state index in [9.17, 15) is 22.9 Å². The molecule has 0 spiro atoms. The van der Waals surface area contributed by atoms with Crippen molar-refractivity contribution in [2.45, 2.75) is 18.4 Å². The third-order valence-corrected chi connectivity index (χ3v) is 5.25. The maximum atomic E-state index is 13.3. The SMILES string of the molecule is CCN(Cc1cccc(F)c1)S(=O)(=O)c1ccccc1[N+](=O)[O-]. The van der Waals surface area contributed by atoms with E-state index in [4.69, 9.17) is 0 Å². The number of nitro groups is 1. The lowest BCUT2D eigenvalue weighted by Crippen LogP contribution is -2.31. The Labute approximate surface area is 133 Å². The van der Waals surface area contributed by atoms with Crippen molar-refractivity contribution in [3.05, 3.63) is 70.0 Å². The number of hydrogen-bond acceptors (Lipinski definition) is 4. The normalized spacial score (nSPS) is 11.6. The summed E-state index contributed by atoms with van der Waals surface area (Å²) in [6.07, 6.45) is 0. The predicted octanol–water partition coefficient (Wildman–Crippen LogP) is 2.94. The average Bonchev–Trinajstić information content (AvgIpc) is 2.52. The van der Waals surface area contributed by atoms with Gasteiger partial charge in [0.15, 0.2) is 4.90 Å². The Morgan fingerprint density at radius 1 is 1.17 bits per heavy atom. The van der Waals surface area contributed by atoms with Gasteiger partial charge in [0, 0.05) is 19.2 Å².